The second-order valence-electron chi connectivity index (χ2n) is 2.89. The first-order valence-electron chi connectivity index (χ1n) is 4.27. The van der Waals surface area contributed by atoms with Crippen molar-refractivity contribution in [2.24, 2.45) is 0 Å². The molecule has 0 aromatic carbocycles. The van der Waals surface area contributed by atoms with Gasteiger partial charge in [-0.25, -0.2) is 0 Å². The highest BCUT2D eigenvalue weighted by molar-refractivity contribution is 7.98. The molecule has 0 radical (unpaired) electrons. The molecule has 2 unspecified atom stereocenters. The molecule has 0 fully saturated rings. The summed E-state index contributed by atoms with van der Waals surface area (Å²) in [4.78, 5) is 4.15. The van der Waals surface area contributed by atoms with Gasteiger partial charge in [0.1, 0.15) is 0 Å². The average Bonchev–Trinajstić information content (AvgIpc) is 2.27. The van der Waals surface area contributed by atoms with Gasteiger partial charge in [0.15, 0.2) is 24.1 Å². The highest BCUT2D eigenvalue weighted by Gasteiger charge is 2.27. The smallest absolute Gasteiger partial charge is 0.210 e. The van der Waals surface area contributed by atoms with Crippen molar-refractivity contribution in [3.05, 3.63) is 0 Å². The number of rotatable bonds is 2. The van der Waals surface area contributed by atoms with E-state index in [1.807, 2.05) is 6.26 Å². The lowest BCUT2D eigenvalue weighted by Crippen LogP contribution is -2.44. The van der Waals surface area contributed by atoms with Crippen LogP contribution in [0.25, 0.3) is 0 Å². The van der Waals surface area contributed by atoms with Crippen LogP contribution in [0.3, 0.4) is 0 Å². The number of aromatic nitrogens is 3. The highest BCUT2D eigenvalue weighted by Crippen LogP contribution is 2.24. The predicted molar refractivity (Wildman–Crippen MR) is 55.7 cm³/mol. The molecule has 1 aliphatic heterocycles. The number of methoxy groups -OCH3 is 1. The molecule has 0 spiro atoms. The first kappa shape index (κ1) is 10.4. The molecule has 2 heterocycles. The van der Waals surface area contributed by atoms with Gasteiger partial charge in [0.2, 0.25) is 5.16 Å². The third-order valence-corrected chi connectivity index (χ3v) is 2.49. The molecule has 0 aliphatic carbocycles. The predicted octanol–water partition coefficient (Wildman–Crippen LogP) is -0.278. The molecule has 0 saturated heterocycles. The van der Waals surface area contributed by atoms with Gasteiger partial charge in [0.05, 0.1) is 0 Å². The maximum atomic E-state index is 9.59. The van der Waals surface area contributed by atoms with E-state index in [2.05, 4.69) is 25.8 Å². The standard InChI is InChI=1S/C7H11N5O2S/c1-14-6-5(13)8-3-4(9-6)11-12-7(10-3)15-2/h5-6,13H,1-2H3,(H,9,11)(H,8,10,12). The number of thioether (sulfide) groups is 1. The van der Waals surface area contributed by atoms with E-state index in [1.165, 1.54) is 18.9 Å². The van der Waals surface area contributed by atoms with E-state index >= 15 is 0 Å². The van der Waals surface area contributed by atoms with E-state index in [9.17, 15) is 5.11 Å². The summed E-state index contributed by atoms with van der Waals surface area (Å²) in [6.45, 7) is 0. The minimum absolute atomic E-state index is 0.477. The number of ether oxygens (including phenoxy) is 1. The fraction of sp³-hybridized carbons (Fsp3) is 0.571. The van der Waals surface area contributed by atoms with Crippen molar-refractivity contribution >= 4 is 23.4 Å². The van der Waals surface area contributed by atoms with Gasteiger partial charge in [0, 0.05) is 7.11 Å². The van der Waals surface area contributed by atoms with Crippen LogP contribution >= 0.6 is 11.8 Å². The highest BCUT2D eigenvalue weighted by atomic mass is 32.2. The topological polar surface area (TPSA) is 92.2 Å². The minimum Gasteiger partial charge on any atom is -0.369 e. The lowest BCUT2D eigenvalue weighted by atomic mass is 10.3. The maximum Gasteiger partial charge on any atom is 0.210 e. The van der Waals surface area contributed by atoms with Crippen molar-refractivity contribution in [2.45, 2.75) is 17.6 Å². The number of fused-ring (bicyclic) bond motifs is 1. The Bertz CT molecular complexity index is 363. The van der Waals surface area contributed by atoms with E-state index in [4.69, 9.17) is 4.74 Å². The molecule has 2 rings (SSSR count). The molecule has 1 aliphatic rings. The number of hydrogen-bond donors (Lipinski definition) is 3. The monoisotopic (exact) mass is 229 g/mol. The Kier molecular flexibility index (Phi) is 2.89. The van der Waals surface area contributed by atoms with Gasteiger partial charge in [-0.05, 0) is 6.26 Å². The van der Waals surface area contributed by atoms with Crippen molar-refractivity contribution < 1.29 is 9.84 Å². The summed E-state index contributed by atoms with van der Waals surface area (Å²) >= 11 is 1.38. The summed E-state index contributed by atoms with van der Waals surface area (Å²) in [5.41, 5.74) is 0. The van der Waals surface area contributed by atoms with Gasteiger partial charge in [0.25, 0.3) is 0 Å². The van der Waals surface area contributed by atoms with Crippen molar-refractivity contribution in [3.63, 3.8) is 0 Å². The van der Waals surface area contributed by atoms with Gasteiger partial charge in [-0.2, -0.15) is 4.98 Å². The van der Waals surface area contributed by atoms with Crippen molar-refractivity contribution in [1.82, 2.24) is 15.2 Å². The molecule has 1 aromatic rings. The summed E-state index contributed by atoms with van der Waals surface area (Å²) in [7, 11) is 1.49. The van der Waals surface area contributed by atoms with Crippen molar-refractivity contribution in [2.75, 3.05) is 24.0 Å². The van der Waals surface area contributed by atoms with Crippen molar-refractivity contribution in [3.8, 4) is 0 Å². The average molecular weight is 229 g/mol. The Balaban J connectivity index is 2.28. The van der Waals surface area contributed by atoms with Crippen LogP contribution in [0, 0.1) is 0 Å². The molecular weight excluding hydrogens is 218 g/mol. The zero-order valence-electron chi connectivity index (χ0n) is 8.26. The third kappa shape index (κ3) is 1.96. The Morgan fingerprint density at radius 1 is 1.33 bits per heavy atom. The second-order valence-corrected chi connectivity index (χ2v) is 3.66. The summed E-state index contributed by atoms with van der Waals surface area (Å²) in [6.07, 6.45) is 0.455. The summed E-state index contributed by atoms with van der Waals surface area (Å²) in [6, 6.07) is 0. The SMILES string of the molecule is COC1Nc2nnc(SC)nc2NC1O. The van der Waals surface area contributed by atoms with Crippen LogP contribution in [-0.2, 0) is 4.74 Å². The van der Waals surface area contributed by atoms with E-state index in [1.54, 1.807) is 0 Å². The molecule has 2 atom stereocenters. The number of nitrogens with zero attached hydrogens (tertiary/aromatic N) is 3. The summed E-state index contributed by atoms with van der Waals surface area (Å²) in [5, 5.41) is 23.6. The first-order valence-corrected chi connectivity index (χ1v) is 5.49. The van der Waals surface area contributed by atoms with Gasteiger partial charge in [-0.3, -0.25) is 0 Å². The molecule has 3 N–H and O–H groups in total. The largest absolute Gasteiger partial charge is 0.369 e. The van der Waals surface area contributed by atoms with Gasteiger partial charge in [-0.1, -0.05) is 11.8 Å². The van der Waals surface area contributed by atoms with E-state index < -0.39 is 12.5 Å². The first-order chi connectivity index (χ1) is 7.24. The molecule has 8 heteroatoms. The molecule has 0 saturated carbocycles. The van der Waals surface area contributed by atoms with Crippen molar-refractivity contribution in [1.29, 1.82) is 0 Å². The summed E-state index contributed by atoms with van der Waals surface area (Å²) in [5.74, 6) is 0.958. The third-order valence-electron chi connectivity index (χ3n) is 1.95. The maximum absolute atomic E-state index is 9.59. The molecule has 7 nitrogen and oxygen atoms in total. The molecule has 82 valence electrons. The Morgan fingerprint density at radius 2 is 2.13 bits per heavy atom. The number of hydrogen-bond acceptors (Lipinski definition) is 8. The number of anilines is 2. The van der Waals surface area contributed by atoms with Crippen LogP contribution in [0.1, 0.15) is 0 Å². The fourth-order valence-corrected chi connectivity index (χ4v) is 1.52. The van der Waals surface area contributed by atoms with Crippen LogP contribution < -0.4 is 10.6 Å². The second kappa shape index (κ2) is 4.17. The number of aliphatic hydroxyl groups is 1. The molecule has 0 bridgehead atoms. The van der Waals surface area contributed by atoms with E-state index in [0.717, 1.165) is 0 Å². The van der Waals surface area contributed by atoms with E-state index in [-0.39, 0.29) is 0 Å². The summed E-state index contributed by atoms with van der Waals surface area (Å²) < 4.78 is 4.99. The zero-order chi connectivity index (χ0) is 10.8. The normalized spacial score (nSPS) is 23.9. The Hall–Kier alpha value is -1.12. The quantitative estimate of drug-likeness (QED) is 0.596. The molecular formula is C7H11N5O2S. The Morgan fingerprint density at radius 3 is 2.80 bits per heavy atom. The van der Waals surface area contributed by atoms with Crippen LogP contribution in [0.2, 0.25) is 0 Å². The van der Waals surface area contributed by atoms with Gasteiger partial charge >= 0.3 is 0 Å². The lowest BCUT2D eigenvalue weighted by Gasteiger charge is -2.29. The lowest BCUT2D eigenvalue weighted by molar-refractivity contribution is 0.0172. The zero-order valence-corrected chi connectivity index (χ0v) is 9.08. The van der Waals surface area contributed by atoms with Gasteiger partial charge in [-0.15, -0.1) is 10.2 Å². The van der Waals surface area contributed by atoms with Crippen LogP contribution in [0.4, 0.5) is 11.6 Å². The minimum atomic E-state index is -0.853. The number of aliphatic hydroxyl groups excluding tert-OH is 1. The number of nitrogens with one attached hydrogen (secondary N) is 2. The molecule has 0 amide bonds. The fourth-order valence-electron chi connectivity index (χ4n) is 1.21. The molecule has 15 heavy (non-hydrogen) atoms. The Labute approximate surface area is 90.6 Å². The van der Waals surface area contributed by atoms with E-state index in [0.29, 0.717) is 16.8 Å². The molecule has 1 aromatic heterocycles. The van der Waals surface area contributed by atoms with Gasteiger partial charge < -0.3 is 20.5 Å². The van der Waals surface area contributed by atoms with Crippen LogP contribution in [-0.4, -0.2) is 46.1 Å². The van der Waals surface area contributed by atoms with Crippen LogP contribution in [0.5, 0.6) is 0 Å². The van der Waals surface area contributed by atoms with Crippen LogP contribution in [0.15, 0.2) is 5.16 Å².